The van der Waals surface area contributed by atoms with E-state index in [1.807, 2.05) is 0 Å². The van der Waals surface area contributed by atoms with Crippen LogP contribution in [0.5, 0.6) is 0 Å². The number of halogens is 2. The van der Waals surface area contributed by atoms with Crippen molar-refractivity contribution >= 4 is 44.9 Å². The highest BCUT2D eigenvalue weighted by Crippen LogP contribution is 2.23. The Morgan fingerprint density at radius 3 is 2.58 bits per heavy atom. The lowest BCUT2D eigenvalue weighted by Gasteiger charge is -2.10. The van der Waals surface area contributed by atoms with Gasteiger partial charge in [-0.25, -0.2) is 13.2 Å². The van der Waals surface area contributed by atoms with Crippen molar-refractivity contribution in [3.8, 4) is 0 Å². The normalized spacial score (nSPS) is 11.1. The summed E-state index contributed by atoms with van der Waals surface area (Å²) in [5.41, 5.74) is 0.960. The van der Waals surface area contributed by atoms with E-state index in [9.17, 15) is 13.2 Å². The molecule has 0 unspecified atom stereocenters. The average molecular weight is 388 g/mol. The minimum atomic E-state index is -3.71. The predicted octanol–water partition coefficient (Wildman–Crippen LogP) is 4.11. The van der Waals surface area contributed by atoms with Gasteiger partial charge in [0.1, 0.15) is 0 Å². The van der Waals surface area contributed by atoms with E-state index in [4.69, 9.17) is 27.9 Å². The Bertz CT molecular complexity index is 853. The maximum absolute atomic E-state index is 12.3. The highest BCUT2D eigenvalue weighted by atomic mass is 35.5. The topological polar surface area (TPSA) is 72.5 Å². The van der Waals surface area contributed by atoms with Gasteiger partial charge in [-0.2, -0.15) is 0 Å². The fraction of sp³-hybridized carbons (Fsp3) is 0.188. The molecule has 2 rings (SSSR count). The number of carbonyl (C=O) groups excluding carboxylic acids is 1. The number of hydrogen-bond donors (Lipinski definition) is 1. The molecule has 128 valence electrons. The number of benzene rings is 2. The van der Waals surface area contributed by atoms with E-state index >= 15 is 0 Å². The van der Waals surface area contributed by atoms with Crippen molar-refractivity contribution in [3.05, 3.63) is 63.6 Å². The molecule has 24 heavy (non-hydrogen) atoms. The molecule has 8 heteroatoms. The Morgan fingerprint density at radius 2 is 1.92 bits per heavy atom. The van der Waals surface area contributed by atoms with Crippen LogP contribution < -0.4 is 4.72 Å². The van der Waals surface area contributed by atoms with Crippen molar-refractivity contribution in [2.75, 3.05) is 11.3 Å². The molecular weight excluding hydrogens is 373 g/mol. The van der Waals surface area contributed by atoms with E-state index in [1.165, 1.54) is 12.1 Å². The van der Waals surface area contributed by atoms with Crippen LogP contribution in [0.15, 0.2) is 42.5 Å². The van der Waals surface area contributed by atoms with Crippen LogP contribution in [0.1, 0.15) is 22.8 Å². The van der Waals surface area contributed by atoms with Crippen molar-refractivity contribution in [1.82, 2.24) is 0 Å². The van der Waals surface area contributed by atoms with Crippen molar-refractivity contribution < 1.29 is 17.9 Å². The Labute approximate surface area is 150 Å². The van der Waals surface area contributed by atoms with E-state index in [0.717, 1.165) is 0 Å². The first kappa shape index (κ1) is 18.6. The zero-order valence-electron chi connectivity index (χ0n) is 12.8. The van der Waals surface area contributed by atoms with Crippen LogP contribution in [0.4, 0.5) is 5.69 Å². The second-order valence-electron chi connectivity index (χ2n) is 4.90. The van der Waals surface area contributed by atoms with Gasteiger partial charge in [0.25, 0.3) is 0 Å². The Morgan fingerprint density at radius 1 is 1.17 bits per heavy atom. The molecule has 0 aliphatic carbocycles. The number of ether oxygens (including phenoxy) is 1. The molecule has 2 aromatic rings. The molecule has 0 fully saturated rings. The van der Waals surface area contributed by atoms with Gasteiger partial charge in [-0.1, -0.05) is 35.3 Å². The number of carbonyl (C=O) groups is 1. The lowest BCUT2D eigenvalue weighted by atomic mass is 10.2. The summed E-state index contributed by atoms with van der Waals surface area (Å²) in [4.78, 5) is 11.7. The highest BCUT2D eigenvalue weighted by molar-refractivity contribution is 7.91. The van der Waals surface area contributed by atoms with E-state index in [-0.39, 0.29) is 28.6 Å². The minimum Gasteiger partial charge on any atom is -0.462 e. The van der Waals surface area contributed by atoms with Gasteiger partial charge in [-0.05, 0) is 42.8 Å². The van der Waals surface area contributed by atoms with Crippen LogP contribution in [0.2, 0.25) is 10.0 Å². The van der Waals surface area contributed by atoms with Crippen LogP contribution >= 0.6 is 23.2 Å². The minimum absolute atomic E-state index is 0.240. The fourth-order valence-corrected chi connectivity index (χ4v) is 3.76. The number of hydrogen-bond acceptors (Lipinski definition) is 4. The maximum atomic E-state index is 12.3. The SMILES string of the molecule is CCOC(=O)c1cccc(NS(=O)(=O)Cc2ccc(Cl)cc2Cl)c1. The molecule has 0 aromatic heterocycles. The van der Waals surface area contributed by atoms with Crippen LogP contribution in [-0.4, -0.2) is 21.0 Å². The molecule has 1 N–H and O–H groups in total. The first-order valence-electron chi connectivity index (χ1n) is 7.02. The second-order valence-corrected chi connectivity index (χ2v) is 7.46. The molecule has 0 aliphatic rings. The molecule has 2 aromatic carbocycles. The van der Waals surface area contributed by atoms with Gasteiger partial charge < -0.3 is 4.74 Å². The molecule has 0 saturated carbocycles. The lowest BCUT2D eigenvalue weighted by molar-refractivity contribution is 0.0526. The number of rotatable bonds is 6. The number of nitrogens with one attached hydrogen (secondary N) is 1. The molecule has 0 aliphatic heterocycles. The molecule has 0 radical (unpaired) electrons. The summed E-state index contributed by atoms with van der Waals surface area (Å²) in [6.45, 7) is 1.93. The smallest absolute Gasteiger partial charge is 0.338 e. The van der Waals surface area contributed by atoms with Gasteiger partial charge in [0, 0.05) is 15.7 Å². The predicted molar refractivity (Wildman–Crippen MR) is 95.1 cm³/mol. The maximum Gasteiger partial charge on any atom is 0.338 e. The first-order chi connectivity index (χ1) is 11.3. The molecule has 0 atom stereocenters. The van der Waals surface area contributed by atoms with Gasteiger partial charge in [-0.15, -0.1) is 0 Å². The number of anilines is 1. The van der Waals surface area contributed by atoms with Gasteiger partial charge in [0.05, 0.1) is 17.9 Å². The largest absolute Gasteiger partial charge is 0.462 e. The number of esters is 1. The summed E-state index contributed by atoms with van der Waals surface area (Å²) in [6.07, 6.45) is 0. The van der Waals surface area contributed by atoms with E-state index in [0.29, 0.717) is 10.6 Å². The molecule has 5 nitrogen and oxygen atoms in total. The van der Waals surface area contributed by atoms with Crippen molar-refractivity contribution in [3.63, 3.8) is 0 Å². The third kappa shape index (κ3) is 5.12. The van der Waals surface area contributed by atoms with Gasteiger partial charge in [0.2, 0.25) is 10.0 Å². The summed E-state index contributed by atoms with van der Waals surface area (Å²) >= 11 is 11.8. The first-order valence-corrected chi connectivity index (χ1v) is 9.43. The monoisotopic (exact) mass is 387 g/mol. The van der Waals surface area contributed by atoms with Crippen molar-refractivity contribution in [1.29, 1.82) is 0 Å². The molecule has 0 spiro atoms. The standard InChI is InChI=1S/C16H15Cl2NO4S/c1-2-23-16(20)11-4-3-5-14(8-11)19-24(21,22)10-12-6-7-13(17)9-15(12)18/h3-9,19H,2,10H2,1H3. The molecule has 0 amide bonds. The quantitative estimate of drug-likeness (QED) is 0.756. The second kappa shape index (κ2) is 7.88. The van der Waals surface area contributed by atoms with Crippen LogP contribution in [0, 0.1) is 0 Å². The third-order valence-electron chi connectivity index (χ3n) is 3.01. The molecular formula is C16H15Cl2NO4S. The van der Waals surface area contributed by atoms with Crippen molar-refractivity contribution in [2.45, 2.75) is 12.7 Å². The zero-order valence-corrected chi connectivity index (χ0v) is 15.1. The molecule has 0 heterocycles. The summed E-state index contributed by atoms with van der Waals surface area (Å²) in [7, 11) is -3.71. The zero-order chi connectivity index (χ0) is 17.7. The highest BCUT2D eigenvalue weighted by Gasteiger charge is 2.15. The third-order valence-corrected chi connectivity index (χ3v) is 4.83. The molecule has 0 bridgehead atoms. The lowest BCUT2D eigenvalue weighted by Crippen LogP contribution is -2.16. The van der Waals surface area contributed by atoms with Crippen molar-refractivity contribution in [2.24, 2.45) is 0 Å². The molecule has 0 saturated heterocycles. The van der Waals surface area contributed by atoms with Gasteiger partial charge in [-0.3, -0.25) is 4.72 Å². The van der Waals surface area contributed by atoms with E-state index in [2.05, 4.69) is 4.72 Å². The Balaban J connectivity index is 2.17. The number of sulfonamides is 1. The summed E-state index contributed by atoms with van der Waals surface area (Å²) < 4.78 is 31.9. The van der Waals surface area contributed by atoms with E-state index in [1.54, 1.807) is 37.3 Å². The van der Waals surface area contributed by atoms with Crippen LogP contribution in [0.3, 0.4) is 0 Å². The Kier molecular flexibility index (Phi) is 6.10. The Hall–Kier alpha value is -1.76. The van der Waals surface area contributed by atoms with E-state index < -0.39 is 16.0 Å². The fourth-order valence-electron chi connectivity index (χ4n) is 1.98. The summed E-state index contributed by atoms with van der Waals surface area (Å²) in [5, 5.41) is 0.699. The van der Waals surface area contributed by atoms with Gasteiger partial charge >= 0.3 is 5.97 Å². The average Bonchev–Trinajstić information content (AvgIpc) is 2.50. The summed E-state index contributed by atoms with van der Waals surface area (Å²) in [5.74, 6) is -0.827. The summed E-state index contributed by atoms with van der Waals surface area (Å²) in [6, 6.07) is 10.7. The van der Waals surface area contributed by atoms with Crippen LogP contribution in [0.25, 0.3) is 0 Å². The van der Waals surface area contributed by atoms with Gasteiger partial charge in [0.15, 0.2) is 0 Å². The van der Waals surface area contributed by atoms with Crippen LogP contribution in [-0.2, 0) is 20.5 Å².